The second-order valence-corrected chi connectivity index (χ2v) is 4.31. The van der Waals surface area contributed by atoms with Gasteiger partial charge in [0.25, 0.3) is 0 Å². The van der Waals surface area contributed by atoms with Gasteiger partial charge in [-0.25, -0.2) is 4.79 Å². The van der Waals surface area contributed by atoms with Crippen molar-refractivity contribution in [2.45, 2.75) is 19.8 Å². The first-order valence-electron chi connectivity index (χ1n) is 5.80. The number of alkyl halides is 1. The van der Waals surface area contributed by atoms with Crippen LogP contribution in [0.4, 0.5) is 10.5 Å². The minimum absolute atomic E-state index is 0.00655. The van der Waals surface area contributed by atoms with Crippen LogP contribution in [0.3, 0.4) is 0 Å². The van der Waals surface area contributed by atoms with Crippen LogP contribution in [0.25, 0.3) is 0 Å². The van der Waals surface area contributed by atoms with E-state index in [0.29, 0.717) is 23.2 Å². The molecule has 4 nitrogen and oxygen atoms in total. The van der Waals surface area contributed by atoms with Gasteiger partial charge in [0, 0.05) is 11.3 Å². The largest absolute Gasteiger partial charge is 0.449 e. The predicted molar refractivity (Wildman–Crippen MR) is 74.4 cm³/mol. The second kappa shape index (κ2) is 7.87. The summed E-state index contributed by atoms with van der Waals surface area (Å²) >= 11 is 3.11. The minimum atomic E-state index is -0.469. The number of unbranched alkanes of at least 4 members (excludes halogenated alkanes) is 1. The molecular weight excluding hydrogens is 298 g/mol. The smallest absolute Gasteiger partial charge is 0.411 e. The zero-order valence-electron chi connectivity index (χ0n) is 10.2. The molecule has 0 bridgehead atoms. The molecule has 0 atom stereocenters. The van der Waals surface area contributed by atoms with Crippen molar-refractivity contribution in [3.63, 3.8) is 0 Å². The Morgan fingerprint density at radius 2 is 1.94 bits per heavy atom. The third kappa shape index (κ3) is 4.87. The average Bonchev–Trinajstić information content (AvgIpc) is 2.39. The maximum absolute atomic E-state index is 11.4. The first kappa shape index (κ1) is 14.7. The highest BCUT2D eigenvalue weighted by Crippen LogP contribution is 2.11. The number of amides is 1. The fourth-order valence-corrected chi connectivity index (χ4v) is 1.60. The van der Waals surface area contributed by atoms with Crippen LogP contribution in [-0.2, 0) is 4.74 Å². The van der Waals surface area contributed by atoms with Gasteiger partial charge in [-0.05, 0) is 30.7 Å². The van der Waals surface area contributed by atoms with Crippen LogP contribution in [0, 0.1) is 0 Å². The number of carbonyl (C=O) groups excluding carboxylic acids is 2. The van der Waals surface area contributed by atoms with Crippen LogP contribution in [0.2, 0.25) is 0 Å². The van der Waals surface area contributed by atoms with Crippen molar-refractivity contribution in [2.24, 2.45) is 0 Å². The molecule has 0 heterocycles. The number of carbonyl (C=O) groups is 2. The Morgan fingerprint density at radius 1 is 1.28 bits per heavy atom. The number of anilines is 1. The molecule has 1 amide bonds. The standard InChI is InChI=1S/C13H16BrNO3/c1-2-3-8-18-13(17)15-11-6-4-10(5-7-11)12(16)9-14/h4-7H,2-3,8-9H2,1H3,(H,15,17). The predicted octanol–water partition coefficient (Wildman–Crippen LogP) is 3.61. The topological polar surface area (TPSA) is 55.4 Å². The van der Waals surface area contributed by atoms with Gasteiger partial charge < -0.3 is 4.74 Å². The van der Waals surface area contributed by atoms with E-state index >= 15 is 0 Å². The Kier molecular flexibility index (Phi) is 6.43. The van der Waals surface area contributed by atoms with Crippen molar-refractivity contribution < 1.29 is 14.3 Å². The third-order valence-electron chi connectivity index (χ3n) is 2.31. The molecule has 0 aliphatic rings. The van der Waals surface area contributed by atoms with Gasteiger partial charge in [-0.1, -0.05) is 29.3 Å². The fourth-order valence-electron chi connectivity index (χ4n) is 1.28. The van der Waals surface area contributed by atoms with Crippen LogP contribution in [0.5, 0.6) is 0 Å². The van der Waals surface area contributed by atoms with Gasteiger partial charge in [0.15, 0.2) is 5.78 Å². The maximum Gasteiger partial charge on any atom is 0.411 e. The number of ketones is 1. The minimum Gasteiger partial charge on any atom is -0.449 e. The molecule has 0 aromatic heterocycles. The summed E-state index contributed by atoms with van der Waals surface area (Å²) in [7, 11) is 0. The van der Waals surface area contributed by atoms with Crippen molar-refractivity contribution in [3.05, 3.63) is 29.8 Å². The summed E-state index contributed by atoms with van der Waals surface area (Å²) in [5, 5.41) is 2.89. The first-order chi connectivity index (χ1) is 8.67. The molecule has 1 aromatic rings. The number of rotatable bonds is 6. The quantitative estimate of drug-likeness (QED) is 0.496. The summed E-state index contributed by atoms with van der Waals surface area (Å²) in [5.41, 5.74) is 1.22. The van der Waals surface area contributed by atoms with Crippen molar-refractivity contribution in [1.82, 2.24) is 0 Å². The van der Waals surface area contributed by atoms with Crippen molar-refractivity contribution >= 4 is 33.5 Å². The highest BCUT2D eigenvalue weighted by atomic mass is 79.9. The van der Waals surface area contributed by atoms with E-state index in [1.165, 1.54) is 0 Å². The lowest BCUT2D eigenvalue weighted by Crippen LogP contribution is -2.14. The monoisotopic (exact) mass is 313 g/mol. The number of benzene rings is 1. The number of hydrogen-bond donors (Lipinski definition) is 1. The van der Waals surface area contributed by atoms with E-state index in [-0.39, 0.29) is 5.78 Å². The number of nitrogens with one attached hydrogen (secondary N) is 1. The summed E-state index contributed by atoms with van der Waals surface area (Å²) in [6.07, 6.45) is 1.37. The van der Waals surface area contributed by atoms with Crippen molar-refractivity contribution in [3.8, 4) is 0 Å². The number of halogens is 1. The molecule has 0 saturated heterocycles. The maximum atomic E-state index is 11.4. The van der Waals surface area contributed by atoms with Crippen LogP contribution in [0.1, 0.15) is 30.1 Å². The summed E-state index contributed by atoms with van der Waals surface area (Å²) in [5.74, 6) is 0.00655. The van der Waals surface area contributed by atoms with Gasteiger partial charge in [-0.2, -0.15) is 0 Å². The SMILES string of the molecule is CCCCOC(=O)Nc1ccc(C(=O)CBr)cc1. The van der Waals surface area contributed by atoms with Gasteiger partial charge in [0.1, 0.15) is 0 Å². The summed E-state index contributed by atoms with van der Waals surface area (Å²) < 4.78 is 4.96. The molecule has 1 rings (SSSR count). The Morgan fingerprint density at radius 3 is 2.50 bits per heavy atom. The van der Waals surface area contributed by atoms with Crippen LogP contribution in [0.15, 0.2) is 24.3 Å². The lowest BCUT2D eigenvalue weighted by atomic mass is 10.1. The number of ether oxygens (including phenoxy) is 1. The van der Waals surface area contributed by atoms with Crippen LogP contribution < -0.4 is 5.32 Å². The summed E-state index contributed by atoms with van der Waals surface area (Å²) in [4.78, 5) is 22.7. The lowest BCUT2D eigenvalue weighted by molar-refractivity contribution is 0.102. The zero-order valence-corrected chi connectivity index (χ0v) is 11.8. The molecule has 0 aliphatic heterocycles. The van der Waals surface area contributed by atoms with Crippen LogP contribution in [-0.4, -0.2) is 23.8 Å². The van der Waals surface area contributed by atoms with E-state index in [1.54, 1.807) is 24.3 Å². The Bertz CT molecular complexity index is 403. The van der Waals surface area contributed by atoms with E-state index in [9.17, 15) is 9.59 Å². The molecule has 1 aromatic carbocycles. The Hall–Kier alpha value is -1.36. The molecule has 0 fully saturated rings. The number of hydrogen-bond acceptors (Lipinski definition) is 3. The molecule has 0 aliphatic carbocycles. The normalized spacial score (nSPS) is 9.89. The fraction of sp³-hybridized carbons (Fsp3) is 0.385. The van der Waals surface area contributed by atoms with Crippen molar-refractivity contribution in [1.29, 1.82) is 0 Å². The van der Waals surface area contributed by atoms with Gasteiger partial charge >= 0.3 is 6.09 Å². The Labute approximate surface area is 115 Å². The molecule has 1 N–H and O–H groups in total. The van der Waals surface area contributed by atoms with Gasteiger partial charge in [0.2, 0.25) is 0 Å². The highest BCUT2D eigenvalue weighted by molar-refractivity contribution is 9.09. The Balaban J connectivity index is 2.48. The molecule has 0 unspecified atom stereocenters. The van der Waals surface area contributed by atoms with Crippen LogP contribution >= 0.6 is 15.9 Å². The lowest BCUT2D eigenvalue weighted by Gasteiger charge is -2.06. The highest BCUT2D eigenvalue weighted by Gasteiger charge is 2.05. The molecule has 0 radical (unpaired) electrons. The summed E-state index contributed by atoms with van der Waals surface area (Å²) in [6.45, 7) is 2.45. The molecule has 18 heavy (non-hydrogen) atoms. The third-order valence-corrected chi connectivity index (χ3v) is 2.81. The van der Waals surface area contributed by atoms with Gasteiger partial charge in [-0.3, -0.25) is 10.1 Å². The first-order valence-corrected chi connectivity index (χ1v) is 6.92. The van der Waals surface area contributed by atoms with E-state index < -0.39 is 6.09 Å². The van der Waals surface area contributed by atoms with Crippen molar-refractivity contribution in [2.75, 3.05) is 17.3 Å². The molecule has 0 spiro atoms. The van der Waals surface area contributed by atoms with Gasteiger partial charge in [-0.15, -0.1) is 0 Å². The van der Waals surface area contributed by atoms with E-state index in [1.807, 2.05) is 6.92 Å². The number of Topliss-reactive ketones (excluding diaryl/α,β-unsaturated/α-hetero) is 1. The van der Waals surface area contributed by atoms with E-state index in [0.717, 1.165) is 12.8 Å². The molecule has 98 valence electrons. The molecular formula is C13H16BrNO3. The molecule has 5 heteroatoms. The zero-order chi connectivity index (χ0) is 13.4. The van der Waals surface area contributed by atoms with E-state index in [2.05, 4.69) is 21.2 Å². The summed E-state index contributed by atoms with van der Waals surface area (Å²) in [6, 6.07) is 6.70. The van der Waals surface area contributed by atoms with E-state index in [4.69, 9.17) is 4.74 Å². The second-order valence-electron chi connectivity index (χ2n) is 3.75. The molecule has 0 saturated carbocycles. The average molecular weight is 314 g/mol. The van der Waals surface area contributed by atoms with Gasteiger partial charge in [0.05, 0.1) is 11.9 Å².